The number of ether oxygens (including phenoxy) is 1. The van der Waals surface area contributed by atoms with Gasteiger partial charge in [0.1, 0.15) is 5.75 Å². The highest BCUT2D eigenvalue weighted by molar-refractivity contribution is 5.39. The molecule has 1 fully saturated rings. The summed E-state index contributed by atoms with van der Waals surface area (Å²) in [6.07, 6.45) is 6.14. The first-order valence-electron chi connectivity index (χ1n) is 7.52. The Bertz CT molecular complexity index is 406. The molecule has 0 radical (unpaired) electrons. The minimum absolute atomic E-state index is 0.443. The van der Waals surface area contributed by atoms with Crippen LogP contribution in [0.4, 0.5) is 0 Å². The van der Waals surface area contributed by atoms with Gasteiger partial charge in [0.2, 0.25) is 0 Å². The molecular formula is C17H27NO. The molecule has 0 saturated heterocycles. The maximum atomic E-state index is 5.98. The molecule has 1 saturated carbocycles. The van der Waals surface area contributed by atoms with Gasteiger partial charge in [-0.25, -0.2) is 0 Å². The first-order valence-corrected chi connectivity index (χ1v) is 7.52. The van der Waals surface area contributed by atoms with Crippen molar-refractivity contribution in [3.05, 3.63) is 29.3 Å². The fraction of sp³-hybridized carbons (Fsp3) is 0.647. The van der Waals surface area contributed by atoms with Crippen LogP contribution in [0.15, 0.2) is 18.2 Å². The third kappa shape index (κ3) is 3.73. The van der Waals surface area contributed by atoms with Crippen molar-refractivity contribution in [2.45, 2.75) is 57.9 Å². The van der Waals surface area contributed by atoms with Crippen molar-refractivity contribution in [3.63, 3.8) is 0 Å². The largest absolute Gasteiger partial charge is 0.496 e. The second kappa shape index (κ2) is 6.42. The lowest BCUT2D eigenvalue weighted by Crippen LogP contribution is -2.27. The van der Waals surface area contributed by atoms with Crippen LogP contribution < -0.4 is 10.5 Å². The summed E-state index contributed by atoms with van der Waals surface area (Å²) in [6.45, 7) is 4.45. The molecule has 2 nitrogen and oxygen atoms in total. The maximum Gasteiger partial charge on any atom is 0.122 e. The molecule has 1 aromatic rings. The van der Waals surface area contributed by atoms with E-state index >= 15 is 0 Å². The molecule has 0 unspecified atom stereocenters. The number of methoxy groups -OCH3 is 1. The van der Waals surface area contributed by atoms with E-state index in [1.165, 1.54) is 43.2 Å². The van der Waals surface area contributed by atoms with Crippen LogP contribution in [-0.2, 0) is 6.42 Å². The van der Waals surface area contributed by atoms with E-state index in [1.54, 1.807) is 7.11 Å². The van der Waals surface area contributed by atoms with Crippen molar-refractivity contribution >= 4 is 0 Å². The molecule has 0 spiro atoms. The molecule has 1 aliphatic carbocycles. The average Bonchev–Trinajstić information content (AvgIpc) is 2.41. The molecule has 0 heterocycles. The van der Waals surface area contributed by atoms with Crippen LogP contribution in [0.1, 0.15) is 56.6 Å². The summed E-state index contributed by atoms with van der Waals surface area (Å²) in [5.74, 6) is 2.34. The van der Waals surface area contributed by atoms with Gasteiger partial charge in [-0.1, -0.05) is 26.0 Å². The van der Waals surface area contributed by atoms with Gasteiger partial charge in [-0.3, -0.25) is 0 Å². The molecule has 2 N–H and O–H groups in total. The summed E-state index contributed by atoms with van der Waals surface area (Å²) in [7, 11) is 1.75. The molecule has 0 amide bonds. The van der Waals surface area contributed by atoms with Crippen molar-refractivity contribution in [1.29, 1.82) is 0 Å². The summed E-state index contributed by atoms with van der Waals surface area (Å²) in [4.78, 5) is 0. The van der Waals surface area contributed by atoms with Crippen LogP contribution in [0.2, 0.25) is 0 Å². The van der Waals surface area contributed by atoms with Gasteiger partial charge in [-0.15, -0.1) is 0 Å². The van der Waals surface area contributed by atoms with Crippen molar-refractivity contribution < 1.29 is 4.74 Å². The fourth-order valence-electron chi connectivity index (χ4n) is 3.09. The van der Waals surface area contributed by atoms with E-state index in [2.05, 4.69) is 32.0 Å². The van der Waals surface area contributed by atoms with E-state index in [0.717, 1.165) is 11.7 Å². The Morgan fingerprint density at radius 1 is 1.21 bits per heavy atom. The monoisotopic (exact) mass is 261 g/mol. The Labute approximate surface area is 117 Å². The van der Waals surface area contributed by atoms with Crippen LogP contribution >= 0.6 is 0 Å². The van der Waals surface area contributed by atoms with Crippen molar-refractivity contribution in [2.24, 2.45) is 11.7 Å². The van der Waals surface area contributed by atoms with Crippen LogP contribution in [0.3, 0.4) is 0 Å². The zero-order valence-electron chi connectivity index (χ0n) is 12.5. The highest BCUT2D eigenvalue weighted by Gasteiger charge is 2.19. The van der Waals surface area contributed by atoms with E-state index in [4.69, 9.17) is 10.5 Å². The summed E-state index contributed by atoms with van der Waals surface area (Å²) in [6, 6.07) is 7.12. The Hall–Kier alpha value is -1.02. The van der Waals surface area contributed by atoms with Crippen molar-refractivity contribution in [2.75, 3.05) is 7.11 Å². The third-order valence-corrected chi connectivity index (χ3v) is 4.33. The second-order valence-electron chi connectivity index (χ2n) is 6.22. The van der Waals surface area contributed by atoms with Gasteiger partial charge in [0.25, 0.3) is 0 Å². The number of rotatable bonds is 4. The first kappa shape index (κ1) is 14.4. The summed E-state index contributed by atoms with van der Waals surface area (Å²) in [5, 5.41) is 0. The summed E-state index contributed by atoms with van der Waals surface area (Å²) in [5.41, 5.74) is 8.75. The molecule has 106 valence electrons. The minimum Gasteiger partial charge on any atom is -0.496 e. The van der Waals surface area contributed by atoms with Crippen LogP contribution in [-0.4, -0.2) is 13.2 Å². The van der Waals surface area contributed by atoms with Crippen LogP contribution in [0.5, 0.6) is 5.75 Å². The lowest BCUT2D eigenvalue weighted by atomic mass is 9.82. The smallest absolute Gasteiger partial charge is 0.122 e. The molecule has 0 aliphatic heterocycles. The number of nitrogens with two attached hydrogens (primary N) is 1. The Morgan fingerprint density at radius 3 is 2.47 bits per heavy atom. The number of hydrogen-bond donors (Lipinski definition) is 1. The van der Waals surface area contributed by atoms with E-state index in [9.17, 15) is 0 Å². The van der Waals surface area contributed by atoms with E-state index in [-0.39, 0.29) is 0 Å². The van der Waals surface area contributed by atoms with Gasteiger partial charge in [0.05, 0.1) is 7.11 Å². The van der Waals surface area contributed by atoms with Crippen molar-refractivity contribution in [3.8, 4) is 5.75 Å². The van der Waals surface area contributed by atoms with Gasteiger partial charge in [0.15, 0.2) is 0 Å². The molecule has 0 aromatic heterocycles. The quantitative estimate of drug-likeness (QED) is 0.892. The highest BCUT2D eigenvalue weighted by Crippen LogP contribution is 2.31. The van der Waals surface area contributed by atoms with Crippen molar-refractivity contribution in [1.82, 2.24) is 0 Å². The van der Waals surface area contributed by atoms with Gasteiger partial charge in [-0.2, -0.15) is 0 Å². The molecule has 19 heavy (non-hydrogen) atoms. The van der Waals surface area contributed by atoms with E-state index < -0.39 is 0 Å². The van der Waals surface area contributed by atoms with Gasteiger partial charge in [-0.05, 0) is 61.1 Å². The van der Waals surface area contributed by atoms with Gasteiger partial charge in [0, 0.05) is 6.04 Å². The predicted molar refractivity (Wildman–Crippen MR) is 80.7 cm³/mol. The maximum absolute atomic E-state index is 5.98. The lowest BCUT2D eigenvalue weighted by molar-refractivity contribution is 0.324. The zero-order chi connectivity index (χ0) is 13.8. The highest BCUT2D eigenvalue weighted by atomic mass is 16.5. The molecule has 0 bridgehead atoms. The Kier molecular flexibility index (Phi) is 4.87. The van der Waals surface area contributed by atoms with E-state index in [1.807, 2.05) is 0 Å². The standard InChI is InChI=1S/C17H27NO/c1-12(2)16-11-14(6-9-17(16)19-3)10-13-4-7-15(18)8-5-13/h6,9,11-13,15H,4-5,7-8,10,18H2,1-3H3. The van der Waals surface area contributed by atoms with Crippen LogP contribution in [0.25, 0.3) is 0 Å². The summed E-state index contributed by atoms with van der Waals surface area (Å²) < 4.78 is 5.45. The first-order chi connectivity index (χ1) is 9.10. The minimum atomic E-state index is 0.443. The SMILES string of the molecule is COc1ccc(CC2CCC(N)CC2)cc1C(C)C. The second-order valence-corrected chi connectivity index (χ2v) is 6.22. The van der Waals surface area contributed by atoms with Crippen LogP contribution in [0, 0.1) is 5.92 Å². The molecule has 1 aromatic carbocycles. The topological polar surface area (TPSA) is 35.2 Å². The molecule has 2 heteroatoms. The lowest BCUT2D eigenvalue weighted by Gasteiger charge is -2.26. The van der Waals surface area contributed by atoms with Gasteiger partial charge < -0.3 is 10.5 Å². The number of benzene rings is 1. The van der Waals surface area contributed by atoms with E-state index in [0.29, 0.717) is 12.0 Å². The summed E-state index contributed by atoms with van der Waals surface area (Å²) >= 11 is 0. The molecule has 0 atom stereocenters. The molecule has 2 rings (SSSR count). The predicted octanol–water partition coefficient (Wildman–Crippen LogP) is 3.88. The normalized spacial score (nSPS) is 23.6. The average molecular weight is 261 g/mol. The Morgan fingerprint density at radius 2 is 1.89 bits per heavy atom. The fourth-order valence-corrected chi connectivity index (χ4v) is 3.09. The molecule has 1 aliphatic rings. The number of hydrogen-bond acceptors (Lipinski definition) is 2. The van der Waals surface area contributed by atoms with Gasteiger partial charge >= 0.3 is 0 Å². The zero-order valence-corrected chi connectivity index (χ0v) is 12.5. The molecular weight excluding hydrogens is 234 g/mol. The third-order valence-electron chi connectivity index (χ3n) is 4.33. The Balaban J connectivity index is 2.06.